The van der Waals surface area contributed by atoms with Crippen molar-refractivity contribution in [3.8, 4) is 5.69 Å². The van der Waals surface area contributed by atoms with Crippen molar-refractivity contribution in [2.45, 2.75) is 13.8 Å². The van der Waals surface area contributed by atoms with E-state index in [1.165, 1.54) is 6.07 Å². The number of rotatable bonds is 2. The summed E-state index contributed by atoms with van der Waals surface area (Å²) in [5.74, 6) is -1.47. The van der Waals surface area contributed by atoms with Crippen LogP contribution in [-0.2, 0) is 0 Å². The van der Waals surface area contributed by atoms with Gasteiger partial charge < -0.3 is 14.5 Å². The van der Waals surface area contributed by atoms with Crippen LogP contribution in [0.2, 0.25) is 5.02 Å². The summed E-state index contributed by atoms with van der Waals surface area (Å²) < 4.78 is 1.68. The largest absolute Gasteiger partial charge is 1.00 e. The number of halogens is 1. The topological polar surface area (TPSA) is 62.1 Å². The summed E-state index contributed by atoms with van der Waals surface area (Å²) in [6, 6.07) is 8.20. The van der Waals surface area contributed by atoms with E-state index in [2.05, 4.69) is 0 Å². The van der Waals surface area contributed by atoms with Gasteiger partial charge in [-0.3, -0.25) is 4.79 Å². The number of carboxylic acids is 1. The second kappa shape index (κ2) is 6.59. The molecule has 20 heavy (non-hydrogen) atoms. The average molecular weight is 300 g/mol. The molecule has 0 radical (unpaired) electrons. The Morgan fingerprint density at radius 1 is 1.20 bits per heavy atom. The SMILES string of the molecule is Cc1cc(=O)c(C(=O)[O-])c(C)n1-c1ccc(Cl)cc1.[Na+]. The molecule has 0 spiro atoms. The van der Waals surface area contributed by atoms with Crippen molar-refractivity contribution >= 4 is 17.6 Å². The molecule has 0 aliphatic heterocycles. The molecule has 0 saturated carbocycles. The number of carbonyl (C=O) groups excluding carboxylic acids is 1. The van der Waals surface area contributed by atoms with Crippen LogP contribution in [0, 0.1) is 13.8 Å². The van der Waals surface area contributed by atoms with Gasteiger partial charge in [-0.25, -0.2) is 0 Å². The smallest absolute Gasteiger partial charge is 0.545 e. The molecule has 1 aromatic carbocycles. The number of carboxylic acid groups (broad SMARTS) is 1. The Hall–Kier alpha value is -1.07. The average Bonchev–Trinajstić information content (AvgIpc) is 2.30. The summed E-state index contributed by atoms with van der Waals surface area (Å²) >= 11 is 5.82. The van der Waals surface area contributed by atoms with Crippen LogP contribution in [0.5, 0.6) is 0 Å². The van der Waals surface area contributed by atoms with E-state index in [-0.39, 0.29) is 35.1 Å². The van der Waals surface area contributed by atoms with E-state index in [1.807, 2.05) is 0 Å². The van der Waals surface area contributed by atoms with Gasteiger partial charge in [0.25, 0.3) is 0 Å². The maximum atomic E-state index is 11.7. The van der Waals surface area contributed by atoms with Crippen molar-refractivity contribution < 1.29 is 39.5 Å². The van der Waals surface area contributed by atoms with Crippen LogP contribution >= 0.6 is 11.6 Å². The molecule has 2 aromatic rings. The van der Waals surface area contributed by atoms with E-state index < -0.39 is 11.4 Å². The van der Waals surface area contributed by atoms with Gasteiger partial charge in [-0.15, -0.1) is 0 Å². The third kappa shape index (κ3) is 3.15. The summed E-state index contributed by atoms with van der Waals surface area (Å²) in [6.45, 7) is 3.32. The van der Waals surface area contributed by atoms with Crippen LogP contribution < -0.4 is 40.1 Å². The van der Waals surface area contributed by atoms with Crippen molar-refractivity contribution in [2.24, 2.45) is 0 Å². The molecule has 0 unspecified atom stereocenters. The van der Waals surface area contributed by atoms with Gasteiger partial charge in [0, 0.05) is 28.2 Å². The second-order valence-electron chi connectivity index (χ2n) is 4.21. The number of carbonyl (C=O) groups is 1. The first-order valence-corrected chi connectivity index (χ1v) is 6.00. The molecule has 1 heterocycles. The van der Waals surface area contributed by atoms with Crippen molar-refractivity contribution in [2.75, 3.05) is 0 Å². The number of benzene rings is 1. The molecular weight excluding hydrogens is 289 g/mol. The first-order valence-electron chi connectivity index (χ1n) is 5.62. The minimum atomic E-state index is -1.47. The van der Waals surface area contributed by atoms with E-state index in [9.17, 15) is 14.7 Å². The number of hydrogen-bond acceptors (Lipinski definition) is 3. The van der Waals surface area contributed by atoms with Gasteiger partial charge >= 0.3 is 29.6 Å². The van der Waals surface area contributed by atoms with Crippen molar-refractivity contribution in [1.82, 2.24) is 4.57 Å². The molecule has 0 fully saturated rings. The maximum Gasteiger partial charge on any atom is 1.00 e. The number of aromatic carboxylic acids is 1. The number of aromatic nitrogens is 1. The fraction of sp³-hybridized carbons (Fsp3) is 0.143. The molecule has 0 atom stereocenters. The van der Waals surface area contributed by atoms with E-state index in [4.69, 9.17) is 11.6 Å². The first-order chi connectivity index (χ1) is 8.91. The predicted octanol–water partition coefficient (Wildman–Crippen LogP) is -1.52. The monoisotopic (exact) mass is 299 g/mol. The first kappa shape index (κ1) is 17.0. The molecule has 6 heteroatoms. The van der Waals surface area contributed by atoms with E-state index in [0.29, 0.717) is 16.4 Å². The molecule has 0 aliphatic carbocycles. The minimum absolute atomic E-state index is 0. The van der Waals surface area contributed by atoms with Crippen molar-refractivity contribution in [3.63, 3.8) is 0 Å². The zero-order chi connectivity index (χ0) is 14.2. The molecule has 0 amide bonds. The van der Waals surface area contributed by atoms with Crippen LogP contribution in [0.1, 0.15) is 21.7 Å². The van der Waals surface area contributed by atoms with Crippen LogP contribution in [-0.4, -0.2) is 10.5 Å². The van der Waals surface area contributed by atoms with Gasteiger partial charge in [-0.1, -0.05) is 11.6 Å². The van der Waals surface area contributed by atoms with E-state index in [0.717, 1.165) is 5.69 Å². The third-order valence-electron chi connectivity index (χ3n) is 2.93. The molecule has 1 aromatic heterocycles. The van der Waals surface area contributed by atoms with Gasteiger partial charge in [0.2, 0.25) is 0 Å². The molecule has 4 nitrogen and oxygen atoms in total. The quantitative estimate of drug-likeness (QED) is 0.633. The normalized spacial score (nSPS) is 9.95. The van der Waals surface area contributed by atoms with Crippen LogP contribution in [0.4, 0.5) is 0 Å². The molecule has 0 N–H and O–H groups in total. The summed E-state index contributed by atoms with van der Waals surface area (Å²) in [6.07, 6.45) is 0. The van der Waals surface area contributed by atoms with Crippen LogP contribution in [0.3, 0.4) is 0 Å². The second-order valence-corrected chi connectivity index (χ2v) is 4.65. The predicted molar refractivity (Wildman–Crippen MR) is 70.9 cm³/mol. The Bertz CT molecular complexity index is 708. The standard InChI is InChI=1S/C14H12ClNO3.Na/c1-8-7-12(17)13(14(18)19)9(2)16(8)11-5-3-10(15)4-6-11;/h3-7H,1-2H3,(H,18,19);/q;+1/p-1. The van der Waals surface area contributed by atoms with Gasteiger partial charge in [-0.05, 0) is 38.1 Å². The summed E-state index contributed by atoms with van der Waals surface area (Å²) in [5, 5.41) is 11.6. The number of pyridine rings is 1. The summed E-state index contributed by atoms with van der Waals surface area (Å²) in [7, 11) is 0. The fourth-order valence-electron chi connectivity index (χ4n) is 2.12. The Kier molecular flexibility index (Phi) is 5.59. The Morgan fingerprint density at radius 3 is 2.25 bits per heavy atom. The van der Waals surface area contributed by atoms with Crippen molar-refractivity contribution in [3.05, 3.63) is 62.5 Å². The summed E-state index contributed by atoms with van der Waals surface area (Å²) in [4.78, 5) is 22.7. The zero-order valence-corrected chi connectivity index (χ0v) is 14.2. The molecule has 2 rings (SSSR count). The van der Waals surface area contributed by atoms with Gasteiger partial charge in [-0.2, -0.15) is 0 Å². The number of hydrogen-bond donors (Lipinski definition) is 0. The molecule has 0 saturated heterocycles. The number of aryl methyl sites for hydroxylation is 1. The van der Waals surface area contributed by atoms with Gasteiger partial charge in [0.1, 0.15) is 0 Å². The maximum absolute atomic E-state index is 11.7. The third-order valence-corrected chi connectivity index (χ3v) is 3.18. The molecule has 98 valence electrons. The number of nitrogens with zero attached hydrogens (tertiary/aromatic N) is 1. The van der Waals surface area contributed by atoms with E-state index in [1.54, 1.807) is 42.7 Å². The van der Waals surface area contributed by atoms with Crippen molar-refractivity contribution in [1.29, 1.82) is 0 Å². The van der Waals surface area contributed by atoms with E-state index >= 15 is 0 Å². The minimum Gasteiger partial charge on any atom is -0.545 e. The Balaban J connectivity index is 0.00000200. The van der Waals surface area contributed by atoms with Crippen LogP contribution in [0.15, 0.2) is 35.1 Å². The molecule has 0 bridgehead atoms. The van der Waals surface area contributed by atoms with Gasteiger partial charge in [0.05, 0.1) is 11.5 Å². The van der Waals surface area contributed by atoms with Gasteiger partial charge in [0.15, 0.2) is 5.43 Å². The van der Waals surface area contributed by atoms with Crippen LogP contribution in [0.25, 0.3) is 5.69 Å². The molecule has 0 aliphatic rings. The zero-order valence-electron chi connectivity index (χ0n) is 11.4. The Labute approximate surface area is 143 Å². The summed E-state index contributed by atoms with van der Waals surface area (Å²) in [5.41, 5.74) is 0.866. The Morgan fingerprint density at radius 2 is 1.75 bits per heavy atom. The fourth-order valence-corrected chi connectivity index (χ4v) is 2.24. The molecular formula is C14H11ClNNaO3.